The second kappa shape index (κ2) is 8.03. The lowest BCUT2D eigenvalue weighted by Crippen LogP contribution is -2.26. The Morgan fingerprint density at radius 2 is 1.72 bits per heavy atom. The van der Waals surface area contributed by atoms with Crippen molar-refractivity contribution >= 4 is 45.7 Å². The number of pyridine rings is 1. The molecule has 2 aromatic carbocycles. The third-order valence-electron chi connectivity index (χ3n) is 4.35. The molecular weight excluding hydrogens is 408 g/mol. The van der Waals surface area contributed by atoms with Crippen molar-refractivity contribution in [1.29, 1.82) is 0 Å². The molecule has 144 valence electrons. The van der Waals surface area contributed by atoms with Gasteiger partial charge in [0.25, 0.3) is 5.91 Å². The Hall–Kier alpha value is -3.22. The summed E-state index contributed by atoms with van der Waals surface area (Å²) in [6, 6.07) is 21.2. The van der Waals surface area contributed by atoms with Gasteiger partial charge >= 0.3 is 5.97 Å². The molecule has 0 radical (unpaired) electrons. The number of halogens is 1. The molecule has 2 aromatic heterocycles. The highest BCUT2D eigenvalue weighted by Crippen LogP contribution is 2.33. The van der Waals surface area contributed by atoms with Crippen molar-refractivity contribution in [1.82, 2.24) is 4.98 Å². The summed E-state index contributed by atoms with van der Waals surface area (Å²) in [5.74, 6) is -1.40. The predicted octanol–water partition coefficient (Wildman–Crippen LogP) is 5.00. The van der Waals surface area contributed by atoms with E-state index < -0.39 is 18.0 Å². The van der Waals surface area contributed by atoms with Crippen LogP contribution >= 0.6 is 22.9 Å². The summed E-state index contributed by atoms with van der Waals surface area (Å²) >= 11 is 7.41. The molecule has 2 N–H and O–H groups in total. The largest absolute Gasteiger partial charge is 0.444 e. The summed E-state index contributed by atoms with van der Waals surface area (Å²) in [4.78, 5) is 30.4. The van der Waals surface area contributed by atoms with Gasteiger partial charge in [-0.05, 0) is 24.3 Å². The van der Waals surface area contributed by atoms with Crippen molar-refractivity contribution < 1.29 is 14.3 Å². The van der Waals surface area contributed by atoms with Crippen LogP contribution in [-0.2, 0) is 9.53 Å². The molecule has 0 aliphatic carbocycles. The number of primary amides is 1. The molecule has 4 aromatic rings. The number of nitrogens with two attached hydrogens (primary N) is 1. The highest BCUT2D eigenvalue weighted by atomic mass is 35.5. The van der Waals surface area contributed by atoms with Crippen LogP contribution in [0.15, 0.2) is 72.8 Å². The van der Waals surface area contributed by atoms with Crippen molar-refractivity contribution in [2.45, 2.75) is 6.10 Å². The fourth-order valence-corrected chi connectivity index (χ4v) is 4.01. The van der Waals surface area contributed by atoms with Crippen LogP contribution in [0, 0.1) is 0 Å². The minimum atomic E-state index is -1.18. The van der Waals surface area contributed by atoms with Crippen molar-refractivity contribution in [2.75, 3.05) is 0 Å². The highest BCUT2D eigenvalue weighted by Gasteiger charge is 2.25. The van der Waals surface area contributed by atoms with Gasteiger partial charge in [0.15, 0.2) is 0 Å². The average Bonchev–Trinajstić information content (AvgIpc) is 3.17. The average molecular weight is 423 g/mol. The van der Waals surface area contributed by atoms with Crippen molar-refractivity contribution in [3.05, 3.63) is 88.3 Å². The number of aromatic nitrogens is 1. The van der Waals surface area contributed by atoms with Gasteiger partial charge in [0.1, 0.15) is 0 Å². The van der Waals surface area contributed by atoms with Crippen LogP contribution in [-0.4, -0.2) is 16.9 Å². The number of nitrogens with zero attached hydrogens (tertiary/aromatic N) is 1. The SMILES string of the molecule is NC(=O)C(OC(=O)c1cc(-c2ccc(Cl)s2)nc2ccccc12)c1ccccc1. The van der Waals surface area contributed by atoms with Crippen LogP contribution in [0.5, 0.6) is 0 Å². The molecule has 5 nitrogen and oxygen atoms in total. The first-order valence-electron chi connectivity index (χ1n) is 8.73. The number of ether oxygens (including phenoxy) is 1. The van der Waals surface area contributed by atoms with Crippen molar-refractivity contribution in [2.24, 2.45) is 5.73 Å². The molecule has 29 heavy (non-hydrogen) atoms. The fourth-order valence-electron chi connectivity index (χ4n) is 3.01. The highest BCUT2D eigenvalue weighted by molar-refractivity contribution is 7.19. The molecule has 1 amide bonds. The molecule has 0 saturated carbocycles. The topological polar surface area (TPSA) is 82.3 Å². The first kappa shape index (κ1) is 19.1. The Balaban J connectivity index is 1.77. The van der Waals surface area contributed by atoms with E-state index in [4.69, 9.17) is 22.1 Å². The zero-order chi connectivity index (χ0) is 20.4. The second-order valence-electron chi connectivity index (χ2n) is 6.27. The lowest BCUT2D eigenvalue weighted by atomic mass is 10.1. The Kier molecular flexibility index (Phi) is 5.29. The molecule has 2 heterocycles. The number of amides is 1. The van der Waals surface area contributed by atoms with Crippen LogP contribution in [0.1, 0.15) is 22.0 Å². The first-order chi connectivity index (χ1) is 14.0. The van der Waals surface area contributed by atoms with Crippen LogP contribution in [0.25, 0.3) is 21.5 Å². The minimum Gasteiger partial charge on any atom is -0.444 e. The number of hydrogen-bond donors (Lipinski definition) is 1. The summed E-state index contributed by atoms with van der Waals surface area (Å²) in [5, 5.41) is 0.625. The zero-order valence-corrected chi connectivity index (χ0v) is 16.6. The quantitative estimate of drug-likeness (QED) is 0.459. The summed E-state index contributed by atoms with van der Waals surface area (Å²) in [5.41, 5.74) is 7.54. The molecule has 0 aliphatic rings. The van der Waals surface area contributed by atoms with Crippen LogP contribution < -0.4 is 5.73 Å². The smallest absolute Gasteiger partial charge is 0.340 e. The number of esters is 1. The van der Waals surface area contributed by atoms with Crippen LogP contribution in [0.4, 0.5) is 0 Å². The molecule has 7 heteroatoms. The van der Waals surface area contributed by atoms with Crippen LogP contribution in [0.2, 0.25) is 4.34 Å². The van der Waals surface area contributed by atoms with E-state index in [-0.39, 0.29) is 0 Å². The number of benzene rings is 2. The van der Waals surface area contributed by atoms with Gasteiger partial charge < -0.3 is 10.5 Å². The molecule has 4 rings (SSSR count). The summed E-state index contributed by atoms with van der Waals surface area (Å²) in [6.07, 6.45) is -1.18. The summed E-state index contributed by atoms with van der Waals surface area (Å²) in [7, 11) is 0. The van der Waals surface area contributed by atoms with Gasteiger partial charge in [-0.1, -0.05) is 60.1 Å². The third kappa shape index (κ3) is 3.99. The van der Waals surface area contributed by atoms with E-state index in [1.54, 1.807) is 48.5 Å². The number of rotatable bonds is 5. The summed E-state index contributed by atoms with van der Waals surface area (Å²) < 4.78 is 6.15. The van der Waals surface area contributed by atoms with Gasteiger partial charge in [0.2, 0.25) is 6.10 Å². The number of hydrogen-bond acceptors (Lipinski definition) is 5. The maximum absolute atomic E-state index is 13.1. The van der Waals surface area contributed by atoms with E-state index in [1.807, 2.05) is 24.3 Å². The second-order valence-corrected chi connectivity index (χ2v) is 7.99. The lowest BCUT2D eigenvalue weighted by Gasteiger charge is -2.16. The van der Waals surface area contributed by atoms with Gasteiger partial charge in [0, 0.05) is 10.9 Å². The van der Waals surface area contributed by atoms with Crippen LogP contribution in [0.3, 0.4) is 0 Å². The Bertz CT molecular complexity index is 1210. The van der Waals surface area contributed by atoms with Gasteiger partial charge in [-0.2, -0.15) is 0 Å². The zero-order valence-electron chi connectivity index (χ0n) is 15.0. The Labute approximate surface area is 175 Å². The maximum atomic E-state index is 13.1. The molecular formula is C22H15ClN2O3S. The van der Waals surface area contributed by atoms with E-state index in [0.717, 1.165) is 4.88 Å². The third-order valence-corrected chi connectivity index (χ3v) is 5.60. The number of fused-ring (bicyclic) bond motifs is 1. The minimum absolute atomic E-state index is 0.303. The van der Waals surface area contributed by atoms with E-state index >= 15 is 0 Å². The molecule has 0 fully saturated rings. The van der Waals surface area contributed by atoms with Gasteiger partial charge in [-0.15, -0.1) is 11.3 Å². The van der Waals surface area contributed by atoms with Gasteiger partial charge in [0.05, 0.1) is 26.0 Å². The predicted molar refractivity (Wildman–Crippen MR) is 114 cm³/mol. The van der Waals surface area contributed by atoms with Gasteiger partial charge in [-0.3, -0.25) is 4.79 Å². The fraction of sp³-hybridized carbons (Fsp3) is 0.0455. The van der Waals surface area contributed by atoms with Crippen molar-refractivity contribution in [3.63, 3.8) is 0 Å². The first-order valence-corrected chi connectivity index (χ1v) is 9.93. The molecule has 1 atom stereocenters. The van der Waals surface area contributed by atoms with E-state index in [1.165, 1.54) is 11.3 Å². The summed E-state index contributed by atoms with van der Waals surface area (Å²) in [6.45, 7) is 0. The number of carbonyl (C=O) groups excluding carboxylic acids is 2. The monoisotopic (exact) mass is 422 g/mol. The number of para-hydroxylation sites is 1. The molecule has 0 spiro atoms. The Morgan fingerprint density at radius 1 is 1.00 bits per heavy atom. The standard InChI is InChI=1S/C22H15ClN2O3S/c23-19-11-10-18(29-19)17-12-15(14-8-4-5-9-16(14)25-17)22(27)28-20(21(24)26)13-6-2-1-3-7-13/h1-12,20H,(H2,24,26). The van der Waals surface area contributed by atoms with Gasteiger partial charge in [-0.25, -0.2) is 9.78 Å². The normalized spacial score (nSPS) is 11.9. The Morgan fingerprint density at radius 3 is 2.41 bits per heavy atom. The van der Waals surface area contributed by atoms with Crippen molar-refractivity contribution in [3.8, 4) is 10.6 Å². The number of carbonyl (C=O) groups is 2. The lowest BCUT2D eigenvalue weighted by molar-refractivity contribution is -0.127. The van der Waals surface area contributed by atoms with E-state index in [2.05, 4.69) is 4.98 Å². The molecule has 0 bridgehead atoms. The maximum Gasteiger partial charge on any atom is 0.340 e. The van der Waals surface area contributed by atoms with E-state index in [9.17, 15) is 9.59 Å². The molecule has 0 aliphatic heterocycles. The molecule has 1 unspecified atom stereocenters. The van der Waals surface area contributed by atoms with E-state index in [0.29, 0.717) is 32.1 Å². The number of thiophene rings is 1. The molecule has 0 saturated heterocycles.